The maximum Gasteiger partial charge on any atom is 0.183 e. The van der Waals surface area contributed by atoms with E-state index in [1.807, 2.05) is 0 Å². The molecule has 0 radical (unpaired) electrons. The molecule has 2 rings (SSSR count). The Labute approximate surface area is 107 Å². The number of hydrogen-bond acceptors (Lipinski definition) is 4. The molecule has 3 N–H and O–H groups in total. The molecule has 0 amide bonds. The highest BCUT2D eigenvalue weighted by Gasteiger charge is 2.06. The SMILES string of the molecule is CCCCCCCCc1nc2ncnc(N)c2[nH]1. The highest BCUT2D eigenvalue weighted by Crippen LogP contribution is 2.15. The Hall–Kier alpha value is -1.65. The van der Waals surface area contributed by atoms with Crippen LogP contribution in [0.5, 0.6) is 0 Å². The number of nitrogens with one attached hydrogen (secondary N) is 1. The smallest absolute Gasteiger partial charge is 0.183 e. The minimum Gasteiger partial charge on any atom is -0.382 e. The van der Waals surface area contributed by atoms with Crippen LogP contribution in [0.3, 0.4) is 0 Å². The van der Waals surface area contributed by atoms with Crippen LogP contribution in [0.4, 0.5) is 5.82 Å². The number of fused-ring (bicyclic) bond motifs is 1. The van der Waals surface area contributed by atoms with Gasteiger partial charge >= 0.3 is 0 Å². The van der Waals surface area contributed by atoms with Crippen LogP contribution in [0, 0.1) is 0 Å². The fourth-order valence-electron chi connectivity index (χ4n) is 2.09. The van der Waals surface area contributed by atoms with Crippen LogP contribution in [-0.2, 0) is 6.42 Å². The molecule has 0 fully saturated rings. The van der Waals surface area contributed by atoms with Gasteiger partial charge in [-0.05, 0) is 6.42 Å². The average Bonchev–Trinajstić information content (AvgIpc) is 2.78. The van der Waals surface area contributed by atoms with Gasteiger partial charge in [-0.15, -0.1) is 0 Å². The van der Waals surface area contributed by atoms with E-state index in [0.717, 1.165) is 24.2 Å². The molecule has 0 atom stereocenters. The standard InChI is InChI=1S/C13H21N5/c1-2-3-4-5-6-7-8-10-17-11-12(14)15-9-16-13(11)18-10/h9H,2-8H2,1H3,(H3,14,15,16,17,18). The summed E-state index contributed by atoms with van der Waals surface area (Å²) in [5.41, 5.74) is 7.19. The van der Waals surface area contributed by atoms with Crippen LogP contribution in [0.15, 0.2) is 6.33 Å². The van der Waals surface area contributed by atoms with Crippen LogP contribution in [0.1, 0.15) is 51.3 Å². The number of anilines is 1. The lowest BCUT2D eigenvalue weighted by Crippen LogP contribution is -1.92. The molecule has 0 aliphatic heterocycles. The molecule has 2 aromatic rings. The van der Waals surface area contributed by atoms with Crippen molar-refractivity contribution in [2.45, 2.75) is 51.9 Å². The molecule has 0 aliphatic rings. The van der Waals surface area contributed by atoms with Crippen LogP contribution in [0.25, 0.3) is 11.2 Å². The maximum atomic E-state index is 5.76. The number of nitrogens with two attached hydrogens (primary N) is 1. The number of nitrogens with zero attached hydrogens (tertiary/aromatic N) is 3. The van der Waals surface area contributed by atoms with E-state index in [2.05, 4.69) is 26.9 Å². The van der Waals surface area contributed by atoms with E-state index in [1.54, 1.807) is 0 Å². The first-order valence-electron chi connectivity index (χ1n) is 6.76. The minimum absolute atomic E-state index is 0.474. The molecule has 5 nitrogen and oxygen atoms in total. The highest BCUT2D eigenvalue weighted by atomic mass is 15.0. The molecule has 98 valence electrons. The lowest BCUT2D eigenvalue weighted by atomic mass is 10.1. The van der Waals surface area contributed by atoms with Gasteiger partial charge in [-0.2, -0.15) is 0 Å². The molecule has 0 aromatic carbocycles. The molecule has 2 aromatic heterocycles. The number of rotatable bonds is 7. The number of aromatic amines is 1. The minimum atomic E-state index is 0.474. The van der Waals surface area contributed by atoms with Gasteiger partial charge in [0.05, 0.1) is 0 Å². The summed E-state index contributed by atoms with van der Waals surface area (Å²) < 4.78 is 0. The first-order chi connectivity index (χ1) is 8.81. The fraction of sp³-hybridized carbons (Fsp3) is 0.615. The quantitative estimate of drug-likeness (QED) is 0.737. The van der Waals surface area contributed by atoms with Crippen molar-refractivity contribution >= 4 is 17.0 Å². The van der Waals surface area contributed by atoms with Crippen LogP contribution < -0.4 is 5.73 Å². The third kappa shape index (κ3) is 3.18. The fourth-order valence-corrected chi connectivity index (χ4v) is 2.09. The van der Waals surface area contributed by atoms with Crippen molar-refractivity contribution < 1.29 is 0 Å². The second-order valence-corrected chi connectivity index (χ2v) is 4.66. The van der Waals surface area contributed by atoms with Crippen molar-refractivity contribution in [3.05, 3.63) is 12.2 Å². The molecule has 2 heterocycles. The Morgan fingerprint density at radius 1 is 1.11 bits per heavy atom. The van der Waals surface area contributed by atoms with Gasteiger partial charge in [0.15, 0.2) is 11.5 Å². The first-order valence-corrected chi connectivity index (χ1v) is 6.76. The number of hydrogen-bond donors (Lipinski definition) is 2. The Balaban J connectivity index is 1.83. The van der Waals surface area contributed by atoms with Gasteiger partial charge in [-0.1, -0.05) is 39.0 Å². The molecule has 0 unspecified atom stereocenters. The number of H-pyrrole nitrogens is 1. The van der Waals surface area contributed by atoms with E-state index >= 15 is 0 Å². The maximum absolute atomic E-state index is 5.76. The highest BCUT2D eigenvalue weighted by molar-refractivity contribution is 5.80. The molecule has 0 aliphatic carbocycles. The van der Waals surface area contributed by atoms with Crippen LogP contribution in [-0.4, -0.2) is 19.9 Å². The van der Waals surface area contributed by atoms with Gasteiger partial charge in [0.2, 0.25) is 0 Å². The molecule has 0 spiro atoms. The molecule has 0 bridgehead atoms. The summed E-state index contributed by atoms with van der Waals surface area (Å²) in [6, 6.07) is 0. The molecule has 0 saturated heterocycles. The zero-order valence-electron chi connectivity index (χ0n) is 10.9. The Morgan fingerprint density at radius 3 is 2.67 bits per heavy atom. The normalized spacial score (nSPS) is 11.2. The number of imidazole rings is 1. The Morgan fingerprint density at radius 2 is 1.89 bits per heavy atom. The van der Waals surface area contributed by atoms with Gasteiger partial charge in [0.1, 0.15) is 17.7 Å². The van der Waals surface area contributed by atoms with Gasteiger partial charge in [-0.3, -0.25) is 0 Å². The summed E-state index contributed by atoms with van der Waals surface area (Å²) in [6.07, 6.45) is 10.1. The first kappa shape index (κ1) is 12.8. The largest absolute Gasteiger partial charge is 0.382 e. The topological polar surface area (TPSA) is 80.5 Å². The second-order valence-electron chi connectivity index (χ2n) is 4.66. The predicted octanol–water partition coefficient (Wildman–Crippen LogP) is 2.84. The summed E-state index contributed by atoms with van der Waals surface area (Å²) in [4.78, 5) is 15.7. The summed E-state index contributed by atoms with van der Waals surface area (Å²) in [5, 5.41) is 0. The summed E-state index contributed by atoms with van der Waals surface area (Å²) in [6.45, 7) is 2.24. The van der Waals surface area contributed by atoms with Crippen molar-refractivity contribution in [1.29, 1.82) is 0 Å². The molecular weight excluding hydrogens is 226 g/mol. The lowest BCUT2D eigenvalue weighted by molar-refractivity contribution is 0.602. The third-order valence-corrected chi connectivity index (χ3v) is 3.13. The van der Waals surface area contributed by atoms with E-state index < -0.39 is 0 Å². The molecule has 0 saturated carbocycles. The van der Waals surface area contributed by atoms with E-state index in [-0.39, 0.29) is 0 Å². The summed E-state index contributed by atoms with van der Waals surface area (Å²) in [5.74, 6) is 1.44. The zero-order valence-corrected chi connectivity index (χ0v) is 10.9. The van der Waals surface area contributed by atoms with E-state index in [0.29, 0.717) is 11.5 Å². The van der Waals surface area contributed by atoms with E-state index in [9.17, 15) is 0 Å². The van der Waals surface area contributed by atoms with Gasteiger partial charge in [0.25, 0.3) is 0 Å². The Kier molecular flexibility index (Phi) is 4.50. The lowest BCUT2D eigenvalue weighted by Gasteiger charge is -1.98. The van der Waals surface area contributed by atoms with Crippen LogP contribution in [0.2, 0.25) is 0 Å². The van der Waals surface area contributed by atoms with Crippen molar-refractivity contribution in [3.8, 4) is 0 Å². The molecule has 18 heavy (non-hydrogen) atoms. The van der Waals surface area contributed by atoms with E-state index in [4.69, 9.17) is 5.73 Å². The monoisotopic (exact) mass is 247 g/mol. The van der Waals surface area contributed by atoms with Gasteiger partial charge in [-0.25, -0.2) is 15.0 Å². The van der Waals surface area contributed by atoms with E-state index in [1.165, 1.54) is 38.4 Å². The summed E-state index contributed by atoms with van der Waals surface area (Å²) in [7, 11) is 0. The number of aromatic nitrogens is 4. The Bertz CT molecular complexity index is 491. The molecular formula is C13H21N5. The number of unbranched alkanes of at least 4 members (excludes halogenated alkanes) is 5. The number of aryl methyl sites for hydroxylation is 1. The molecule has 5 heteroatoms. The second kappa shape index (κ2) is 6.33. The summed E-state index contributed by atoms with van der Waals surface area (Å²) >= 11 is 0. The third-order valence-electron chi connectivity index (χ3n) is 3.13. The van der Waals surface area contributed by atoms with Crippen molar-refractivity contribution in [3.63, 3.8) is 0 Å². The zero-order chi connectivity index (χ0) is 12.8. The van der Waals surface area contributed by atoms with Gasteiger partial charge < -0.3 is 10.7 Å². The van der Waals surface area contributed by atoms with Crippen molar-refractivity contribution in [1.82, 2.24) is 19.9 Å². The van der Waals surface area contributed by atoms with Crippen LogP contribution >= 0.6 is 0 Å². The van der Waals surface area contributed by atoms with Crippen molar-refractivity contribution in [2.75, 3.05) is 5.73 Å². The average molecular weight is 247 g/mol. The number of nitrogen functional groups attached to an aromatic ring is 1. The van der Waals surface area contributed by atoms with Crippen molar-refractivity contribution in [2.24, 2.45) is 0 Å². The predicted molar refractivity (Wildman–Crippen MR) is 73.2 cm³/mol. The van der Waals surface area contributed by atoms with Gasteiger partial charge in [0, 0.05) is 6.42 Å².